The molecule has 0 amide bonds. The molecule has 1 saturated heterocycles. The lowest BCUT2D eigenvalue weighted by molar-refractivity contribution is -0.186. The van der Waals surface area contributed by atoms with Gasteiger partial charge >= 0.3 is 0 Å². The number of fused-ring (bicyclic) bond motifs is 5. The van der Waals surface area contributed by atoms with Crippen LogP contribution in [0.4, 0.5) is 0 Å². The molecular weight excluding hydrogens is 328 g/mol. The van der Waals surface area contributed by atoms with E-state index in [-0.39, 0.29) is 16.7 Å². The van der Waals surface area contributed by atoms with Crippen molar-refractivity contribution in [3.63, 3.8) is 0 Å². The number of carbonyl (C=O) groups excluding carboxylic acids is 1. The summed E-state index contributed by atoms with van der Waals surface area (Å²) in [5, 5.41) is 0. The summed E-state index contributed by atoms with van der Waals surface area (Å²) in [6, 6.07) is 0. The molecule has 5 rings (SSSR count). The first-order valence-corrected chi connectivity index (χ1v) is 10.5. The fourth-order valence-corrected chi connectivity index (χ4v) is 7.43. The van der Waals surface area contributed by atoms with Crippen molar-refractivity contribution in [2.75, 3.05) is 20.3 Å². The quantitative estimate of drug-likeness (QED) is 0.712. The van der Waals surface area contributed by atoms with Crippen LogP contribution in [0.2, 0.25) is 0 Å². The van der Waals surface area contributed by atoms with Crippen molar-refractivity contribution in [1.29, 1.82) is 0 Å². The first-order valence-electron chi connectivity index (χ1n) is 10.5. The Morgan fingerprint density at radius 3 is 2.54 bits per heavy atom. The van der Waals surface area contributed by atoms with Gasteiger partial charge in [0.25, 0.3) is 0 Å². The van der Waals surface area contributed by atoms with E-state index in [0.29, 0.717) is 36.9 Å². The Morgan fingerprint density at radius 1 is 1.04 bits per heavy atom. The summed E-state index contributed by atoms with van der Waals surface area (Å²) in [7, 11) is 1.84. The van der Waals surface area contributed by atoms with E-state index in [0.717, 1.165) is 38.5 Å². The number of rotatable bonds is 1. The van der Waals surface area contributed by atoms with Crippen LogP contribution in [0.3, 0.4) is 0 Å². The predicted octanol–water partition coefficient (Wildman–Crippen LogP) is 3.89. The average Bonchev–Trinajstić information content (AvgIpc) is 3.20. The molecule has 0 unspecified atom stereocenters. The highest BCUT2D eigenvalue weighted by atomic mass is 16.7. The van der Waals surface area contributed by atoms with Gasteiger partial charge in [0.2, 0.25) is 0 Å². The third-order valence-corrected chi connectivity index (χ3v) is 8.96. The van der Waals surface area contributed by atoms with Crippen molar-refractivity contribution in [2.24, 2.45) is 28.6 Å². The monoisotopic (exact) mass is 360 g/mol. The molecule has 1 heterocycles. The van der Waals surface area contributed by atoms with Crippen molar-refractivity contribution in [1.82, 2.24) is 0 Å². The average molecular weight is 360 g/mol. The van der Waals surface area contributed by atoms with E-state index >= 15 is 0 Å². The molecule has 1 aliphatic heterocycles. The van der Waals surface area contributed by atoms with Crippen LogP contribution in [0.1, 0.15) is 58.8 Å². The van der Waals surface area contributed by atoms with Crippen LogP contribution in [-0.4, -0.2) is 38.0 Å². The van der Waals surface area contributed by atoms with Gasteiger partial charge in [-0.3, -0.25) is 4.79 Å². The lowest BCUT2D eigenvalue weighted by atomic mass is 9.47. The van der Waals surface area contributed by atoms with Crippen molar-refractivity contribution in [3.8, 4) is 0 Å². The zero-order chi connectivity index (χ0) is 18.2. The van der Waals surface area contributed by atoms with Crippen LogP contribution in [0.25, 0.3) is 0 Å². The molecule has 4 aliphatic carbocycles. The summed E-state index contributed by atoms with van der Waals surface area (Å²) in [6.45, 7) is 6.15. The molecule has 4 nitrogen and oxygen atoms in total. The van der Waals surface area contributed by atoms with Gasteiger partial charge in [-0.15, -0.1) is 0 Å². The van der Waals surface area contributed by atoms with Gasteiger partial charge in [-0.2, -0.15) is 0 Å². The zero-order valence-corrected chi connectivity index (χ0v) is 16.4. The van der Waals surface area contributed by atoms with E-state index in [1.165, 1.54) is 12.0 Å². The van der Waals surface area contributed by atoms with Gasteiger partial charge in [-0.25, -0.2) is 0 Å². The minimum absolute atomic E-state index is 0.131. The van der Waals surface area contributed by atoms with E-state index in [2.05, 4.69) is 13.8 Å². The predicted molar refractivity (Wildman–Crippen MR) is 97.5 cm³/mol. The van der Waals surface area contributed by atoms with Gasteiger partial charge in [0.1, 0.15) is 0 Å². The van der Waals surface area contributed by atoms with Gasteiger partial charge < -0.3 is 14.2 Å². The second-order valence-corrected chi connectivity index (χ2v) is 9.86. The molecule has 3 saturated carbocycles. The number of ketones is 1. The molecule has 0 radical (unpaired) electrons. The third kappa shape index (κ3) is 2.15. The molecule has 144 valence electrons. The Bertz CT molecular complexity index is 649. The van der Waals surface area contributed by atoms with Crippen LogP contribution in [0, 0.1) is 28.6 Å². The van der Waals surface area contributed by atoms with Crippen molar-refractivity contribution in [3.05, 3.63) is 11.6 Å². The second kappa shape index (κ2) is 5.65. The van der Waals surface area contributed by atoms with Crippen LogP contribution < -0.4 is 0 Å². The van der Waals surface area contributed by atoms with Gasteiger partial charge in [0.15, 0.2) is 11.6 Å². The zero-order valence-electron chi connectivity index (χ0n) is 16.4. The number of carbonyl (C=O) groups is 1. The highest BCUT2D eigenvalue weighted by Crippen LogP contribution is 2.65. The lowest BCUT2D eigenvalue weighted by Gasteiger charge is -2.57. The maximum Gasteiger partial charge on any atom is 0.172 e. The van der Waals surface area contributed by atoms with Crippen LogP contribution >= 0.6 is 0 Å². The van der Waals surface area contributed by atoms with E-state index in [1.807, 2.05) is 13.2 Å². The van der Waals surface area contributed by atoms with Crippen LogP contribution in [0.15, 0.2) is 11.6 Å². The summed E-state index contributed by atoms with van der Waals surface area (Å²) in [5.74, 6) is 1.05. The SMILES string of the molecule is CO[C@H]1CC[C@H]2[C@@H]3C(=O)C=C4CC5(CC[C@]4(C)[C@H]3CC[C@]12C)OCCO5. The molecule has 0 aromatic heterocycles. The fraction of sp³-hybridized carbons (Fsp3) is 0.864. The van der Waals surface area contributed by atoms with Crippen molar-refractivity contribution in [2.45, 2.75) is 70.7 Å². The molecule has 6 atom stereocenters. The minimum Gasteiger partial charge on any atom is -0.381 e. The Kier molecular flexibility index (Phi) is 3.78. The number of hydrogen-bond donors (Lipinski definition) is 0. The van der Waals surface area contributed by atoms with E-state index in [1.54, 1.807) is 0 Å². The molecule has 0 aromatic rings. The summed E-state index contributed by atoms with van der Waals surface area (Å²) in [6.07, 6.45) is 9.70. The standard InChI is InChI=1S/C22H32O4/c1-20-8-9-22(25-10-11-26-22)13-14(20)12-17(23)19-15-4-5-18(24-3)21(15,2)7-6-16(19)20/h12,15-16,18-19H,4-11,13H2,1-3H3/t15-,16-,18-,19-,20-,21-/m0/s1. The largest absolute Gasteiger partial charge is 0.381 e. The molecule has 5 aliphatic rings. The first-order chi connectivity index (χ1) is 12.4. The van der Waals surface area contributed by atoms with Gasteiger partial charge in [-0.1, -0.05) is 19.4 Å². The van der Waals surface area contributed by atoms with E-state index < -0.39 is 5.79 Å². The second-order valence-electron chi connectivity index (χ2n) is 9.86. The van der Waals surface area contributed by atoms with Crippen molar-refractivity contribution < 1.29 is 19.0 Å². The van der Waals surface area contributed by atoms with E-state index in [9.17, 15) is 4.79 Å². The number of allylic oxidation sites excluding steroid dienone is 1. The smallest absolute Gasteiger partial charge is 0.172 e. The Hall–Kier alpha value is -0.710. The summed E-state index contributed by atoms with van der Waals surface area (Å²) in [4.78, 5) is 13.3. The molecule has 0 bridgehead atoms. The van der Waals surface area contributed by atoms with Crippen LogP contribution in [0.5, 0.6) is 0 Å². The molecule has 0 N–H and O–H groups in total. The minimum atomic E-state index is -0.448. The summed E-state index contributed by atoms with van der Waals surface area (Å²) < 4.78 is 17.8. The van der Waals surface area contributed by atoms with Gasteiger partial charge in [-0.05, 0) is 60.8 Å². The maximum absolute atomic E-state index is 13.3. The fourth-order valence-electron chi connectivity index (χ4n) is 7.43. The Balaban J connectivity index is 1.50. The molecule has 1 spiro atoms. The Labute approximate surface area is 156 Å². The van der Waals surface area contributed by atoms with Gasteiger partial charge in [0.05, 0.1) is 19.3 Å². The highest BCUT2D eigenvalue weighted by molar-refractivity contribution is 5.94. The normalized spacial score (nSPS) is 49.5. The number of methoxy groups -OCH3 is 1. The topological polar surface area (TPSA) is 44.8 Å². The summed E-state index contributed by atoms with van der Waals surface area (Å²) >= 11 is 0. The summed E-state index contributed by atoms with van der Waals surface area (Å²) in [5.41, 5.74) is 1.59. The van der Waals surface area contributed by atoms with Crippen LogP contribution in [-0.2, 0) is 19.0 Å². The first kappa shape index (κ1) is 17.4. The maximum atomic E-state index is 13.3. The molecule has 26 heavy (non-hydrogen) atoms. The Morgan fingerprint density at radius 2 is 1.81 bits per heavy atom. The lowest BCUT2D eigenvalue weighted by Crippen LogP contribution is -2.55. The molecule has 4 heteroatoms. The molecule has 0 aromatic carbocycles. The molecular formula is C22H32O4. The number of ether oxygens (including phenoxy) is 3. The van der Waals surface area contributed by atoms with E-state index in [4.69, 9.17) is 14.2 Å². The highest BCUT2D eigenvalue weighted by Gasteiger charge is 2.62. The number of hydrogen-bond acceptors (Lipinski definition) is 4. The van der Waals surface area contributed by atoms with Gasteiger partial charge in [0, 0.05) is 25.9 Å². The van der Waals surface area contributed by atoms with Crippen molar-refractivity contribution >= 4 is 5.78 Å². The molecule has 4 fully saturated rings. The third-order valence-electron chi connectivity index (χ3n) is 8.96.